The van der Waals surface area contributed by atoms with Gasteiger partial charge in [-0.1, -0.05) is 22.9 Å². The van der Waals surface area contributed by atoms with E-state index in [0.29, 0.717) is 17.6 Å². The van der Waals surface area contributed by atoms with Gasteiger partial charge in [0.25, 0.3) is 5.56 Å². The van der Waals surface area contributed by atoms with E-state index in [-0.39, 0.29) is 29.3 Å². The number of H-pyrrole nitrogens is 1. The highest BCUT2D eigenvalue weighted by Gasteiger charge is 2.35. The van der Waals surface area contributed by atoms with Crippen molar-refractivity contribution in [3.8, 4) is 0 Å². The number of carbonyl (C=O) groups is 2. The summed E-state index contributed by atoms with van der Waals surface area (Å²) in [5.41, 5.74) is 0.405. The first-order valence-corrected chi connectivity index (χ1v) is 10.5. The van der Waals surface area contributed by atoms with Gasteiger partial charge in [0, 0.05) is 29.7 Å². The van der Waals surface area contributed by atoms with Crippen LogP contribution in [-0.2, 0) is 9.59 Å². The number of nitrogens with zero attached hydrogens (tertiary/aromatic N) is 2. The Morgan fingerprint density at radius 1 is 1.21 bits per heavy atom. The van der Waals surface area contributed by atoms with E-state index in [4.69, 9.17) is 0 Å². The fourth-order valence-corrected chi connectivity index (χ4v) is 3.98. The molecule has 0 spiro atoms. The SMILES string of the molecule is CC1CCN(c2nc3c(c(=O)[nH]2)[C@H](C(=O)Nc2ccc(Br)cc2)CC(=O)N3)CC1. The summed E-state index contributed by atoms with van der Waals surface area (Å²) in [6.07, 6.45) is 1.94. The van der Waals surface area contributed by atoms with Gasteiger partial charge in [-0.3, -0.25) is 19.4 Å². The Morgan fingerprint density at radius 3 is 2.59 bits per heavy atom. The first kappa shape index (κ1) is 19.6. The molecule has 29 heavy (non-hydrogen) atoms. The second kappa shape index (κ2) is 7.98. The quantitative estimate of drug-likeness (QED) is 0.653. The molecular weight excluding hydrogens is 438 g/mol. The van der Waals surface area contributed by atoms with Crippen molar-refractivity contribution >= 4 is 45.2 Å². The number of fused-ring (bicyclic) bond motifs is 1. The lowest BCUT2D eigenvalue weighted by molar-refractivity contribution is -0.123. The molecule has 1 fully saturated rings. The van der Waals surface area contributed by atoms with Crippen LogP contribution in [0.4, 0.5) is 17.5 Å². The van der Waals surface area contributed by atoms with Gasteiger partial charge in [-0.15, -0.1) is 0 Å². The van der Waals surface area contributed by atoms with Crippen LogP contribution >= 0.6 is 15.9 Å². The average molecular weight is 460 g/mol. The van der Waals surface area contributed by atoms with E-state index >= 15 is 0 Å². The summed E-state index contributed by atoms with van der Waals surface area (Å²) in [6, 6.07) is 7.10. The van der Waals surface area contributed by atoms with Crippen LogP contribution in [0.15, 0.2) is 33.5 Å². The minimum Gasteiger partial charge on any atom is -0.342 e. The highest BCUT2D eigenvalue weighted by Crippen LogP contribution is 2.31. The van der Waals surface area contributed by atoms with Gasteiger partial charge in [0.1, 0.15) is 5.82 Å². The monoisotopic (exact) mass is 459 g/mol. The number of anilines is 3. The van der Waals surface area contributed by atoms with Crippen LogP contribution < -0.4 is 21.1 Å². The van der Waals surface area contributed by atoms with Crippen molar-refractivity contribution in [2.75, 3.05) is 28.6 Å². The van der Waals surface area contributed by atoms with Crippen molar-refractivity contribution in [2.24, 2.45) is 5.92 Å². The van der Waals surface area contributed by atoms with Crippen LogP contribution in [0.5, 0.6) is 0 Å². The van der Waals surface area contributed by atoms with Crippen LogP contribution in [-0.4, -0.2) is 34.9 Å². The van der Waals surface area contributed by atoms with Gasteiger partial charge in [0.2, 0.25) is 17.8 Å². The van der Waals surface area contributed by atoms with Gasteiger partial charge >= 0.3 is 0 Å². The van der Waals surface area contributed by atoms with Crippen molar-refractivity contribution < 1.29 is 9.59 Å². The molecule has 1 atom stereocenters. The van der Waals surface area contributed by atoms with E-state index in [1.54, 1.807) is 24.3 Å². The van der Waals surface area contributed by atoms with E-state index in [2.05, 4.69) is 43.5 Å². The van der Waals surface area contributed by atoms with Crippen molar-refractivity contribution in [1.82, 2.24) is 9.97 Å². The van der Waals surface area contributed by atoms with E-state index < -0.39 is 11.8 Å². The Bertz CT molecular complexity index is 996. The zero-order valence-electron chi connectivity index (χ0n) is 16.0. The largest absolute Gasteiger partial charge is 0.342 e. The summed E-state index contributed by atoms with van der Waals surface area (Å²) in [5, 5.41) is 5.44. The van der Waals surface area contributed by atoms with Crippen LogP contribution in [0, 0.1) is 5.92 Å². The minimum absolute atomic E-state index is 0.0965. The second-order valence-corrected chi connectivity index (χ2v) is 8.54. The number of carbonyl (C=O) groups excluding carboxylic acids is 2. The Labute approximate surface area is 176 Å². The summed E-state index contributed by atoms with van der Waals surface area (Å²) in [5.74, 6) is -0.374. The molecule has 0 saturated carbocycles. The van der Waals surface area contributed by atoms with E-state index in [9.17, 15) is 14.4 Å². The number of amides is 2. The molecule has 1 aromatic heterocycles. The molecule has 3 N–H and O–H groups in total. The lowest BCUT2D eigenvalue weighted by Crippen LogP contribution is -2.39. The Morgan fingerprint density at radius 2 is 1.90 bits per heavy atom. The van der Waals surface area contributed by atoms with Gasteiger partial charge in [0.15, 0.2) is 0 Å². The molecule has 1 saturated heterocycles. The Hall–Kier alpha value is -2.68. The summed E-state index contributed by atoms with van der Waals surface area (Å²) in [6.45, 7) is 3.80. The number of hydrogen-bond acceptors (Lipinski definition) is 5. The number of aromatic nitrogens is 2. The standard InChI is InChI=1S/C20H22BrN5O3/c1-11-6-8-26(9-7-11)20-24-17-16(19(29)25-20)14(10-15(27)23-17)18(28)22-13-4-2-12(21)3-5-13/h2-5,11,14H,6-10H2,1H3,(H,22,28)(H2,23,24,25,27,29)/t14-/m1/s1. The van der Waals surface area contributed by atoms with Gasteiger partial charge in [-0.25, -0.2) is 0 Å². The van der Waals surface area contributed by atoms with Crippen molar-refractivity contribution in [3.63, 3.8) is 0 Å². The molecular formula is C20H22BrN5O3. The number of hydrogen-bond donors (Lipinski definition) is 3. The van der Waals surface area contributed by atoms with Gasteiger partial charge < -0.3 is 15.5 Å². The maximum absolute atomic E-state index is 12.9. The number of piperidine rings is 1. The highest BCUT2D eigenvalue weighted by molar-refractivity contribution is 9.10. The summed E-state index contributed by atoms with van der Waals surface area (Å²) >= 11 is 3.35. The summed E-state index contributed by atoms with van der Waals surface area (Å²) in [4.78, 5) is 47.2. The third kappa shape index (κ3) is 4.19. The fraction of sp³-hybridized carbons (Fsp3) is 0.400. The fourth-order valence-electron chi connectivity index (χ4n) is 3.72. The third-order valence-corrected chi connectivity index (χ3v) is 5.98. The molecule has 1 aromatic carbocycles. The van der Waals surface area contributed by atoms with Crippen LogP contribution in [0.25, 0.3) is 0 Å². The molecule has 0 aliphatic carbocycles. The first-order chi connectivity index (χ1) is 13.9. The molecule has 0 bridgehead atoms. The van der Waals surface area contributed by atoms with Crippen molar-refractivity contribution in [1.29, 1.82) is 0 Å². The number of benzene rings is 1. The van der Waals surface area contributed by atoms with Gasteiger partial charge in [-0.2, -0.15) is 4.98 Å². The van der Waals surface area contributed by atoms with Crippen molar-refractivity contribution in [2.45, 2.75) is 32.1 Å². The molecule has 8 nitrogen and oxygen atoms in total. The van der Waals surface area contributed by atoms with Crippen LogP contribution in [0.3, 0.4) is 0 Å². The normalized spacial score (nSPS) is 19.4. The molecule has 3 heterocycles. The predicted molar refractivity (Wildman–Crippen MR) is 114 cm³/mol. The number of halogens is 1. The number of nitrogens with one attached hydrogen (secondary N) is 3. The van der Waals surface area contributed by atoms with E-state index in [1.807, 2.05) is 4.90 Å². The Balaban J connectivity index is 1.62. The zero-order valence-corrected chi connectivity index (χ0v) is 17.6. The van der Waals surface area contributed by atoms with Gasteiger partial charge in [-0.05, 0) is 43.0 Å². The molecule has 4 rings (SSSR count). The molecule has 0 unspecified atom stereocenters. The minimum atomic E-state index is -0.894. The molecule has 152 valence electrons. The first-order valence-electron chi connectivity index (χ1n) is 9.66. The summed E-state index contributed by atoms with van der Waals surface area (Å²) < 4.78 is 0.887. The number of aromatic amines is 1. The molecule has 0 radical (unpaired) electrons. The molecule has 2 aliphatic heterocycles. The Kier molecular flexibility index (Phi) is 5.40. The average Bonchev–Trinajstić information content (AvgIpc) is 2.69. The number of rotatable bonds is 3. The second-order valence-electron chi connectivity index (χ2n) is 7.62. The third-order valence-electron chi connectivity index (χ3n) is 5.45. The topological polar surface area (TPSA) is 107 Å². The smallest absolute Gasteiger partial charge is 0.258 e. The van der Waals surface area contributed by atoms with E-state index in [1.165, 1.54) is 0 Å². The van der Waals surface area contributed by atoms with E-state index in [0.717, 1.165) is 30.4 Å². The maximum atomic E-state index is 12.9. The molecule has 9 heteroatoms. The highest BCUT2D eigenvalue weighted by atomic mass is 79.9. The molecule has 2 aliphatic rings. The maximum Gasteiger partial charge on any atom is 0.258 e. The van der Waals surface area contributed by atoms with Crippen molar-refractivity contribution in [3.05, 3.63) is 44.7 Å². The summed E-state index contributed by atoms with van der Waals surface area (Å²) in [7, 11) is 0. The predicted octanol–water partition coefficient (Wildman–Crippen LogP) is 2.83. The molecule has 2 amide bonds. The lowest BCUT2D eigenvalue weighted by Gasteiger charge is -2.31. The zero-order chi connectivity index (χ0) is 20.5. The van der Waals surface area contributed by atoms with Gasteiger partial charge in [0.05, 0.1) is 11.5 Å². The van der Waals surface area contributed by atoms with Crippen LogP contribution in [0.2, 0.25) is 0 Å². The lowest BCUT2D eigenvalue weighted by atomic mass is 9.92. The van der Waals surface area contributed by atoms with Crippen LogP contribution in [0.1, 0.15) is 37.7 Å². The molecule has 2 aromatic rings.